The van der Waals surface area contributed by atoms with E-state index in [1.165, 1.54) is 212 Å². The fourth-order valence-corrected chi connectivity index (χ4v) is 6.88. The molecule has 2 nitrogen and oxygen atoms in total. The van der Waals surface area contributed by atoms with E-state index in [0.717, 1.165) is 5.92 Å². The molecule has 0 atom stereocenters. The molecule has 42 heavy (non-hydrogen) atoms. The molecule has 0 N–H and O–H groups in total. The first-order valence-corrected chi connectivity index (χ1v) is 19.8. The highest BCUT2D eigenvalue weighted by Crippen LogP contribution is 2.24. The summed E-state index contributed by atoms with van der Waals surface area (Å²) in [7, 11) is 2.13. The first-order valence-electron chi connectivity index (χ1n) is 19.8. The minimum absolute atomic E-state index is 0.962. The second-order valence-corrected chi connectivity index (χ2v) is 14.1. The number of aryl methyl sites for hydroxylation is 2. The Labute approximate surface area is 266 Å². The Bertz CT molecular complexity index is 603. The van der Waals surface area contributed by atoms with Gasteiger partial charge in [-0.1, -0.05) is 206 Å². The molecule has 0 saturated heterocycles. The summed E-state index contributed by atoms with van der Waals surface area (Å²) in [5.74, 6) is 0.962. The van der Waals surface area contributed by atoms with Crippen LogP contribution in [0, 0.1) is 5.92 Å². The van der Waals surface area contributed by atoms with E-state index >= 15 is 0 Å². The molecule has 0 aliphatic carbocycles. The SMILES string of the molecule is CCCCCCCCCCCCCCCCC(CCCCCCCCCCCCCCCC)CCC[n+]1ccn(C)c1. The van der Waals surface area contributed by atoms with Crippen LogP contribution in [0.2, 0.25) is 0 Å². The normalized spacial score (nSPS) is 11.7. The van der Waals surface area contributed by atoms with Crippen LogP contribution < -0.4 is 4.57 Å². The molecule has 0 saturated carbocycles. The van der Waals surface area contributed by atoms with E-state index in [2.05, 4.69) is 48.8 Å². The van der Waals surface area contributed by atoms with Crippen LogP contribution in [0.1, 0.15) is 219 Å². The molecular weight excluding hydrogens is 508 g/mol. The van der Waals surface area contributed by atoms with E-state index in [-0.39, 0.29) is 0 Å². The summed E-state index contributed by atoms with van der Waals surface area (Å²) < 4.78 is 4.54. The van der Waals surface area contributed by atoms with Gasteiger partial charge in [0.25, 0.3) is 0 Å². The first-order chi connectivity index (χ1) is 20.8. The maximum atomic E-state index is 2.37. The molecule has 0 aromatic carbocycles. The predicted molar refractivity (Wildman–Crippen MR) is 188 cm³/mol. The molecule has 0 unspecified atom stereocenters. The molecule has 0 spiro atoms. The van der Waals surface area contributed by atoms with Crippen molar-refractivity contribution < 1.29 is 4.57 Å². The highest BCUT2D eigenvalue weighted by atomic mass is 15.1. The first kappa shape index (κ1) is 39.2. The molecule has 0 bridgehead atoms. The lowest BCUT2D eigenvalue weighted by molar-refractivity contribution is -0.697. The Morgan fingerprint density at radius 2 is 0.738 bits per heavy atom. The zero-order valence-electron chi connectivity index (χ0n) is 29.5. The van der Waals surface area contributed by atoms with Crippen molar-refractivity contribution in [3.63, 3.8) is 0 Å². The maximum absolute atomic E-state index is 2.37. The molecule has 2 heteroatoms. The average molecular weight is 588 g/mol. The smallest absolute Gasteiger partial charge is 0.240 e. The van der Waals surface area contributed by atoms with Crippen molar-refractivity contribution in [3.05, 3.63) is 18.7 Å². The Morgan fingerprint density at radius 1 is 0.429 bits per heavy atom. The third-order valence-corrected chi connectivity index (χ3v) is 9.78. The maximum Gasteiger partial charge on any atom is 0.243 e. The van der Waals surface area contributed by atoms with Crippen molar-refractivity contribution in [2.24, 2.45) is 13.0 Å². The summed E-state index contributed by atoms with van der Waals surface area (Å²) in [4.78, 5) is 0. The Hall–Kier alpha value is -0.790. The molecule has 0 aliphatic rings. The Balaban J connectivity index is 2.05. The zero-order valence-corrected chi connectivity index (χ0v) is 29.5. The number of unbranched alkanes of at least 4 members (excludes halogenated alkanes) is 26. The quantitative estimate of drug-likeness (QED) is 0.0560. The Morgan fingerprint density at radius 3 is 1.05 bits per heavy atom. The van der Waals surface area contributed by atoms with E-state index in [4.69, 9.17) is 0 Å². The van der Waals surface area contributed by atoms with Crippen LogP contribution in [-0.4, -0.2) is 4.57 Å². The molecule has 1 aromatic heterocycles. The van der Waals surface area contributed by atoms with Gasteiger partial charge in [-0.25, -0.2) is 9.13 Å². The number of hydrogen-bond acceptors (Lipinski definition) is 0. The van der Waals surface area contributed by atoms with Crippen LogP contribution >= 0.6 is 0 Å². The number of hydrogen-bond donors (Lipinski definition) is 0. The van der Waals surface area contributed by atoms with Gasteiger partial charge in [0.15, 0.2) is 0 Å². The van der Waals surface area contributed by atoms with Gasteiger partial charge in [0.2, 0.25) is 6.33 Å². The monoisotopic (exact) mass is 588 g/mol. The van der Waals surface area contributed by atoms with E-state index < -0.39 is 0 Å². The summed E-state index contributed by atoms with van der Waals surface area (Å²) in [6.45, 7) is 5.81. The lowest BCUT2D eigenvalue weighted by Crippen LogP contribution is -2.31. The van der Waals surface area contributed by atoms with Gasteiger partial charge in [0.1, 0.15) is 12.4 Å². The molecule has 0 aliphatic heterocycles. The molecule has 0 amide bonds. The van der Waals surface area contributed by atoms with Gasteiger partial charge in [0.05, 0.1) is 13.6 Å². The summed E-state index contributed by atoms with van der Waals surface area (Å²) in [6.07, 6.45) is 53.4. The van der Waals surface area contributed by atoms with E-state index in [0.29, 0.717) is 0 Å². The van der Waals surface area contributed by atoms with Crippen molar-refractivity contribution in [3.8, 4) is 0 Å². The minimum Gasteiger partial charge on any atom is -0.240 e. The van der Waals surface area contributed by atoms with Gasteiger partial charge in [-0.3, -0.25) is 0 Å². The fraction of sp³-hybridized carbons (Fsp3) is 0.925. The molecule has 1 heterocycles. The van der Waals surface area contributed by atoms with Crippen LogP contribution in [0.15, 0.2) is 18.7 Å². The molecule has 248 valence electrons. The molecule has 1 aromatic rings. The zero-order chi connectivity index (χ0) is 30.2. The standard InChI is InChI=1S/C40H79N2/c1-4-6-8-10-12-14-16-18-20-22-24-26-28-30-33-40(35-32-36-42-38-37-41(3)39-42)34-31-29-27-25-23-21-19-17-15-13-11-9-7-5-2/h37-40H,4-36H2,1-3H3/q+1. The van der Waals surface area contributed by atoms with E-state index in [1.54, 1.807) is 0 Å². The molecular formula is C40H79N2+. The number of imidazole rings is 1. The van der Waals surface area contributed by atoms with Crippen LogP contribution in [0.4, 0.5) is 0 Å². The summed E-state index contributed by atoms with van der Waals surface area (Å²) in [5.41, 5.74) is 0. The topological polar surface area (TPSA) is 8.81 Å². The number of aromatic nitrogens is 2. The highest BCUT2D eigenvalue weighted by molar-refractivity contribution is 4.64. The number of rotatable bonds is 34. The van der Waals surface area contributed by atoms with Crippen molar-refractivity contribution in [1.82, 2.24) is 4.57 Å². The van der Waals surface area contributed by atoms with Crippen molar-refractivity contribution in [1.29, 1.82) is 0 Å². The van der Waals surface area contributed by atoms with Gasteiger partial charge in [-0.05, 0) is 18.8 Å². The third-order valence-electron chi connectivity index (χ3n) is 9.78. The van der Waals surface area contributed by atoms with Gasteiger partial charge in [-0.2, -0.15) is 0 Å². The summed E-state index contributed by atoms with van der Waals surface area (Å²) in [5, 5.41) is 0. The van der Waals surface area contributed by atoms with Gasteiger partial charge >= 0.3 is 0 Å². The molecule has 0 radical (unpaired) electrons. The van der Waals surface area contributed by atoms with Crippen LogP contribution in [0.5, 0.6) is 0 Å². The van der Waals surface area contributed by atoms with Gasteiger partial charge in [0, 0.05) is 0 Å². The second-order valence-electron chi connectivity index (χ2n) is 14.1. The lowest BCUT2D eigenvalue weighted by atomic mass is 9.90. The average Bonchev–Trinajstić information content (AvgIpc) is 3.41. The van der Waals surface area contributed by atoms with E-state index in [1.807, 2.05) is 0 Å². The van der Waals surface area contributed by atoms with Crippen LogP contribution in [0.25, 0.3) is 0 Å². The summed E-state index contributed by atoms with van der Waals surface area (Å²) >= 11 is 0. The largest absolute Gasteiger partial charge is 0.243 e. The van der Waals surface area contributed by atoms with Gasteiger partial charge < -0.3 is 0 Å². The van der Waals surface area contributed by atoms with Crippen LogP contribution in [-0.2, 0) is 13.6 Å². The number of nitrogens with zero attached hydrogens (tertiary/aromatic N) is 2. The second kappa shape index (κ2) is 31.6. The van der Waals surface area contributed by atoms with Crippen LogP contribution in [0.3, 0.4) is 0 Å². The lowest BCUT2D eigenvalue weighted by Gasteiger charge is -2.16. The molecule has 1 rings (SSSR count). The highest BCUT2D eigenvalue weighted by Gasteiger charge is 2.10. The Kier molecular flexibility index (Phi) is 29.5. The van der Waals surface area contributed by atoms with E-state index in [9.17, 15) is 0 Å². The predicted octanol–water partition coefficient (Wildman–Crippen LogP) is 13.5. The van der Waals surface area contributed by atoms with Crippen molar-refractivity contribution in [2.45, 2.75) is 226 Å². The minimum atomic E-state index is 0.962. The summed E-state index contributed by atoms with van der Waals surface area (Å²) in [6, 6.07) is 0. The van der Waals surface area contributed by atoms with Crippen molar-refractivity contribution >= 4 is 0 Å². The fourth-order valence-electron chi connectivity index (χ4n) is 6.88. The molecule has 0 fully saturated rings. The third kappa shape index (κ3) is 26.8. The van der Waals surface area contributed by atoms with Crippen molar-refractivity contribution in [2.75, 3.05) is 0 Å². The van der Waals surface area contributed by atoms with Gasteiger partial charge in [-0.15, -0.1) is 0 Å².